The van der Waals surface area contributed by atoms with Crippen molar-refractivity contribution in [3.05, 3.63) is 89.6 Å². The van der Waals surface area contributed by atoms with Gasteiger partial charge in [0.1, 0.15) is 5.82 Å². The van der Waals surface area contributed by atoms with Gasteiger partial charge in [0.05, 0.1) is 29.2 Å². The molecule has 3 aromatic rings. The second-order valence-corrected chi connectivity index (χ2v) is 9.05. The van der Waals surface area contributed by atoms with E-state index in [-0.39, 0.29) is 24.1 Å². The molecule has 3 unspecified atom stereocenters. The zero-order valence-corrected chi connectivity index (χ0v) is 19.9. The van der Waals surface area contributed by atoms with Crippen LogP contribution in [0.3, 0.4) is 0 Å². The topological polar surface area (TPSA) is 138 Å². The number of benzene rings is 2. The number of benzodiazepines with no additional fused rings is 1. The molecule has 4 aliphatic rings. The lowest BCUT2D eigenvalue weighted by molar-refractivity contribution is -0.133. The number of rotatable bonds is 4. The number of piperidine rings is 1. The van der Waals surface area contributed by atoms with Crippen molar-refractivity contribution < 1.29 is 14.3 Å². The molecule has 0 saturated carbocycles. The normalized spacial score (nSPS) is 22.6. The fraction of sp³-hybridized carbons (Fsp3) is 0.222. The highest BCUT2D eigenvalue weighted by molar-refractivity contribution is 6.19. The molecular weight excluding hydrogens is 470 g/mol. The first kappa shape index (κ1) is 22.9. The fourth-order valence-corrected chi connectivity index (χ4v) is 4.82. The number of hydrogen-bond acceptors (Lipinski definition) is 8. The van der Waals surface area contributed by atoms with Gasteiger partial charge in [0.15, 0.2) is 0 Å². The fourth-order valence-electron chi connectivity index (χ4n) is 4.82. The van der Waals surface area contributed by atoms with Crippen molar-refractivity contribution in [2.75, 3.05) is 23.3 Å². The summed E-state index contributed by atoms with van der Waals surface area (Å²) < 4.78 is 11.3. The molecule has 1 aromatic heterocycles. The Balaban J connectivity index is 1.27. The number of carbonyl (C=O) groups is 1. The van der Waals surface area contributed by atoms with E-state index in [1.807, 2.05) is 54.6 Å². The van der Waals surface area contributed by atoms with Gasteiger partial charge in [-0.05, 0) is 18.2 Å². The van der Waals surface area contributed by atoms with E-state index in [4.69, 9.17) is 20.6 Å². The van der Waals surface area contributed by atoms with Crippen LogP contribution < -0.4 is 16.0 Å². The number of ether oxygens (including phenoxy) is 2. The van der Waals surface area contributed by atoms with Crippen LogP contribution in [-0.4, -0.2) is 60.0 Å². The predicted octanol–water partition coefficient (Wildman–Crippen LogP) is 2.53. The highest BCUT2D eigenvalue weighted by Crippen LogP contribution is 2.32. The molecule has 0 radical (unpaired) electrons. The van der Waals surface area contributed by atoms with Crippen LogP contribution in [0.15, 0.2) is 82.9 Å². The number of fused-ring (bicyclic) bond motifs is 3. The minimum absolute atomic E-state index is 0.185. The van der Waals surface area contributed by atoms with E-state index in [0.29, 0.717) is 35.9 Å². The first-order valence-corrected chi connectivity index (χ1v) is 12.0. The molecule has 3 atom stereocenters. The van der Waals surface area contributed by atoms with Gasteiger partial charge in [0, 0.05) is 36.8 Å². The van der Waals surface area contributed by atoms with Gasteiger partial charge in [-0.3, -0.25) is 10.2 Å². The number of morpholine rings is 1. The third kappa shape index (κ3) is 4.54. The molecule has 2 bridgehead atoms. The van der Waals surface area contributed by atoms with E-state index in [9.17, 15) is 4.79 Å². The predicted molar refractivity (Wildman–Crippen MR) is 140 cm³/mol. The molecule has 0 aliphatic carbocycles. The van der Waals surface area contributed by atoms with E-state index < -0.39 is 12.1 Å². The molecule has 4 aliphatic heterocycles. The number of aliphatic imine (C=N–C) groups is 2. The van der Waals surface area contributed by atoms with Gasteiger partial charge < -0.3 is 25.4 Å². The molecule has 37 heavy (non-hydrogen) atoms. The summed E-state index contributed by atoms with van der Waals surface area (Å²) in [4.78, 5) is 28.5. The molecule has 10 heteroatoms. The first-order chi connectivity index (χ1) is 18.0. The summed E-state index contributed by atoms with van der Waals surface area (Å²) in [6, 6.07) is 20.1. The Bertz CT molecular complexity index is 1410. The summed E-state index contributed by atoms with van der Waals surface area (Å²) in [5.41, 5.74) is 9.41. The van der Waals surface area contributed by atoms with Gasteiger partial charge in [0.2, 0.25) is 12.1 Å². The van der Waals surface area contributed by atoms with Crippen molar-refractivity contribution in [1.29, 1.82) is 5.41 Å². The third-order valence-corrected chi connectivity index (χ3v) is 6.52. The van der Waals surface area contributed by atoms with Crippen LogP contribution in [0.2, 0.25) is 0 Å². The van der Waals surface area contributed by atoms with Gasteiger partial charge in [-0.25, -0.2) is 9.98 Å². The van der Waals surface area contributed by atoms with E-state index in [1.54, 1.807) is 18.3 Å². The highest BCUT2D eigenvalue weighted by atomic mass is 16.5. The van der Waals surface area contributed by atoms with Crippen LogP contribution >= 0.6 is 0 Å². The van der Waals surface area contributed by atoms with Gasteiger partial charge in [0.25, 0.3) is 11.9 Å². The number of nitrogens with two attached hydrogens (primary N) is 1. The average Bonchev–Trinajstić information content (AvgIpc) is 3.05. The smallest absolute Gasteiger partial charge is 0.291 e. The molecule has 1 amide bonds. The maximum absolute atomic E-state index is 13.0. The minimum Gasteiger partial charge on any atom is -0.407 e. The summed E-state index contributed by atoms with van der Waals surface area (Å²) in [6.45, 7) is 1.41. The Kier molecular flexibility index (Phi) is 5.85. The second kappa shape index (κ2) is 9.47. The Morgan fingerprint density at radius 3 is 2.59 bits per heavy atom. The van der Waals surface area contributed by atoms with Crippen LogP contribution in [0.5, 0.6) is 0 Å². The lowest BCUT2D eigenvalue weighted by atomic mass is 9.98. The average molecular weight is 496 g/mol. The van der Waals surface area contributed by atoms with Crippen LogP contribution in [0, 0.1) is 5.41 Å². The number of carbonyl (C=O) groups excluding carboxylic acids is 1. The van der Waals surface area contributed by atoms with Crippen molar-refractivity contribution in [1.82, 2.24) is 4.98 Å². The molecule has 3 saturated heterocycles. The number of amidine groups is 1. The molecule has 186 valence electrons. The molecule has 3 fully saturated rings. The van der Waals surface area contributed by atoms with Crippen molar-refractivity contribution >= 4 is 35.0 Å². The zero-order valence-electron chi connectivity index (χ0n) is 19.9. The van der Waals surface area contributed by atoms with Crippen molar-refractivity contribution in [3.8, 4) is 0 Å². The van der Waals surface area contributed by atoms with E-state index in [1.165, 1.54) is 0 Å². The molecule has 7 rings (SSSR count). The van der Waals surface area contributed by atoms with Crippen LogP contribution in [0.1, 0.15) is 23.1 Å². The first-order valence-electron chi connectivity index (χ1n) is 12.0. The lowest BCUT2D eigenvalue weighted by Crippen LogP contribution is -2.57. The Morgan fingerprint density at radius 1 is 1.08 bits per heavy atom. The molecule has 0 spiro atoms. The van der Waals surface area contributed by atoms with Gasteiger partial charge >= 0.3 is 0 Å². The van der Waals surface area contributed by atoms with Crippen LogP contribution in [0.25, 0.3) is 0 Å². The second-order valence-electron chi connectivity index (χ2n) is 9.05. The number of hydrogen-bond donors (Lipinski definition) is 3. The maximum atomic E-state index is 13.0. The van der Waals surface area contributed by atoms with Gasteiger partial charge in [-0.1, -0.05) is 48.5 Å². The summed E-state index contributed by atoms with van der Waals surface area (Å²) in [6.07, 6.45) is 1.90. The number of anilines is 2. The van der Waals surface area contributed by atoms with Gasteiger partial charge in [-0.2, -0.15) is 4.99 Å². The Hall–Kier alpha value is -4.57. The molecule has 10 nitrogen and oxygen atoms in total. The largest absolute Gasteiger partial charge is 0.407 e. The summed E-state index contributed by atoms with van der Waals surface area (Å²) in [5.74, 6) is -0.0366. The zero-order chi connectivity index (χ0) is 25.4. The maximum Gasteiger partial charge on any atom is 0.291 e. The van der Waals surface area contributed by atoms with E-state index >= 15 is 0 Å². The van der Waals surface area contributed by atoms with Crippen molar-refractivity contribution in [2.24, 2.45) is 15.7 Å². The lowest BCUT2D eigenvalue weighted by Gasteiger charge is -2.47. The van der Waals surface area contributed by atoms with Crippen LogP contribution in [-0.2, 0) is 14.3 Å². The number of amides is 1. The number of aromatic nitrogens is 1. The number of nitrogens with one attached hydrogen (secondary N) is 2. The number of para-hydroxylation sites is 1. The monoisotopic (exact) mass is 495 g/mol. The highest BCUT2D eigenvalue weighted by Gasteiger charge is 2.39. The standard InChI is InChI=1S/C27H25N7O3/c28-23(20-10-6-12-30-25(20)34-14-17-13-18(15-34)36-17)37-27(29)33-24-26(35)31-21-11-5-4-9-19(21)22(32-24)16-7-2-1-3-8-16/h1-12,17-18,24,28H,13-15H2,(H2,29,33)(H,31,35). The summed E-state index contributed by atoms with van der Waals surface area (Å²) in [5, 5.41) is 11.4. The minimum atomic E-state index is -1.20. The SMILES string of the molecule is N=C(O/C(N)=N/C1N=C(c2ccccc2)c2ccccc2NC1=O)c1cccnc1N1CC2CC(C1)O2. The van der Waals surface area contributed by atoms with Gasteiger partial charge in [-0.15, -0.1) is 0 Å². The number of pyridine rings is 1. The van der Waals surface area contributed by atoms with E-state index in [2.05, 4.69) is 25.2 Å². The molecule has 5 heterocycles. The van der Waals surface area contributed by atoms with Crippen LogP contribution in [0.4, 0.5) is 11.5 Å². The quantitative estimate of drug-likeness (QED) is 0.376. The third-order valence-electron chi connectivity index (χ3n) is 6.52. The summed E-state index contributed by atoms with van der Waals surface area (Å²) in [7, 11) is 0. The molecule has 2 aromatic carbocycles. The molecule has 4 N–H and O–H groups in total. The van der Waals surface area contributed by atoms with Crippen molar-refractivity contribution in [2.45, 2.75) is 24.8 Å². The number of nitrogens with zero attached hydrogens (tertiary/aromatic N) is 4. The van der Waals surface area contributed by atoms with Crippen molar-refractivity contribution in [3.63, 3.8) is 0 Å². The summed E-state index contributed by atoms with van der Waals surface area (Å²) >= 11 is 0. The Morgan fingerprint density at radius 2 is 1.81 bits per heavy atom. The molecular formula is C27H25N7O3. The van der Waals surface area contributed by atoms with E-state index in [0.717, 1.165) is 17.5 Å². The Labute approximate surface area is 213 Å².